The van der Waals surface area contributed by atoms with Crippen LogP contribution in [0.25, 0.3) is 0 Å². The molecule has 1 aromatic heterocycles. The quantitative estimate of drug-likeness (QED) is 0.919. The summed E-state index contributed by atoms with van der Waals surface area (Å²) in [6.07, 6.45) is 2.01. The Morgan fingerprint density at radius 3 is 2.65 bits per heavy atom. The van der Waals surface area contributed by atoms with Gasteiger partial charge in [-0.05, 0) is 37.6 Å². The lowest BCUT2D eigenvalue weighted by atomic mass is 10.2. The van der Waals surface area contributed by atoms with Crippen molar-refractivity contribution in [3.8, 4) is 0 Å². The highest BCUT2D eigenvalue weighted by Gasteiger charge is 2.31. The predicted molar refractivity (Wildman–Crippen MR) is 88.7 cm³/mol. The van der Waals surface area contributed by atoms with Gasteiger partial charge in [0, 0.05) is 16.4 Å². The minimum absolute atomic E-state index is 0.0771. The van der Waals surface area contributed by atoms with Crippen LogP contribution in [0.4, 0.5) is 5.69 Å². The monoisotopic (exact) mass is 353 g/mol. The average molecular weight is 354 g/mol. The standard InChI is InChI=1S/C15H16ClN3O3S/c1-10-14(15(20)18-12-4-2-11(16)3-5-12)8-17-19(10)13-6-7-23(21,22)9-13/h2-5,8,13H,6-7,9H2,1H3,(H,18,20). The Hall–Kier alpha value is -1.86. The summed E-state index contributed by atoms with van der Waals surface area (Å²) in [5.41, 5.74) is 1.73. The lowest BCUT2D eigenvalue weighted by molar-refractivity contribution is 0.102. The summed E-state index contributed by atoms with van der Waals surface area (Å²) in [6.45, 7) is 1.77. The zero-order valence-corrected chi connectivity index (χ0v) is 14.1. The Morgan fingerprint density at radius 1 is 1.35 bits per heavy atom. The Morgan fingerprint density at radius 2 is 2.04 bits per heavy atom. The van der Waals surface area contributed by atoms with Gasteiger partial charge in [0.2, 0.25) is 0 Å². The van der Waals surface area contributed by atoms with E-state index in [-0.39, 0.29) is 23.5 Å². The number of aromatic nitrogens is 2. The highest BCUT2D eigenvalue weighted by Crippen LogP contribution is 2.25. The Bertz CT molecular complexity index is 843. The summed E-state index contributed by atoms with van der Waals surface area (Å²) < 4.78 is 24.8. The molecule has 1 N–H and O–H groups in total. The molecule has 2 heterocycles. The van der Waals surface area contributed by atoms with Gasteiger partial charge in [0.15, 0.2) is 9.84 Å². The molecule has 3 rings (SSSR count). The van der Waals surface area contributed by atoms with Crippen LogP contribution in [0.15, 0.2) is 30.5 Å². The normalized spacial score (nSPS) is 19.7. The molecule has 1 aliphatic rings. The summed E-state index contributed by atoms with van der Waals surface area (Å²) in [5, 5.41) is 7.58. The zero-order valence-electron chi connectivity index (χ0n) is 12.5. The van der Waals surface area contributed by atoms with Gasteiger partial charge >= 0.3 is 0 Å². The van der Waals surface area contributed by atoms with E-state index in [9.17, 15) is 13.2 Å². The SMILES string of the molecule is Cc1c(C(=O)Nc2ccc(Cl)cc2)cnn1C1CCS(=O)(=O)C1. The molecule has 122 valence electrons. The van der Waals surface area contributed by atoms with Crippen molar-refractivity contribution in [2.24, 2.45) is 0 Å². The van der Waals surface area contributed by atoms with Gasteiger partial charge in [-0.25, -0.2) is 8.42 Å². The van der Waals surface area contributed by atoms with Crippen molar-refractivity contribution in [2.75, 3.05) is 16.8 Å². The first-order valence-electron chi connectivity index (χ1n) is 7.17. The molecule has 6 nitrogen and oxygen atoms in total. The van der Waals surface area contributed by atoms with E-state index in [2.05, 4.69) is 10.4 Å². The number of hydrogen-bond acceptors (Lipinski definition) is 4. The molecule has 2 aromatic rings. The molecule has 1 fully saturated rings. The van der Waals surface area contributed by atoms with Crippen molar-refractivity contribution in [1.29, 1.82) is 0 Å². The average Bonchev–Trinajstić information content (AvgIpc) is 3.04. The molecule has 1 unspecified atom stereocenters. The molecule has 1 saturated heterocycles. The maximum Gasteiger partial charge on any atom is 0.259 e. The van der Waals surface area contributed by atoms with Crippen molar-refractivity contribution < 1.29 is 13.2 Å². The highest BCUT2D eigenvalue weighted by atomic mass is 35.5. The molecule has 0 spiro atoms. The fraction of sp³-hybridized carbons (Fsp3) is 0.333. The first-order valence-corrected chi connectivity index (χ1v) is 9.37. The number of rotatable bonds is 3. The van der Waals surface area contributed by atoms with Crippen LogP contribution in [0, 0.1) is 6.92 Å². The van der Waals surface area contributed by atoms with Crippen LogP contribution in [0.3, 0.4) is 0 Å². The van der Waals surface area contributed by atoms with Crippen molar-refractivity contribution in [2.45, 2.75) is 19.4 Å². The molecule has 1 aliphatic heterocycles. The van der Waals surface area contributed by atoms with E-state index in [0.717, 1.165) is 0 Å². The third kappa shape index (κ3) is 3.40. The summed E-state index contributed by atoms with van der Waals surface area (Å²) in [6, 6.07) is 6.61. The molecule has 0 bridgehead atoms. The van der Waals surface area contributed by atoms with Gasteiger partial charge in [-0.15, -0.1) is 0 Å². The van der Waals surface area contributed by atoms with E-state index < -0.39 is 9.84 Å². The molecule has 8 heteroatoms. The molecule has 0 saturated carbocycles. The van der Waals surface area contributed by atoms with Crippen molar-refractivity contribution in [3.05, 3.63) is 46.7 Å². The number of anilines is 1. The van der Waals surface area contributed by atoms with Crippen molar-refractivity contribution >= 4 is 33.0 Å². The molecular weight excluding hydrogens is 338 g/mol. The van der Waals surface area contributed by atoms with E-state index in [1.54, 1.807) is 35.9 Å². The van der Waals surface area contributed by atoms with Gasteiger partial charge in [0.05, 0.1) is 29.3 Å². The molecule has 1 atom stereocenters. The third-order valence-corrected chi connectivity index (χ3v) is 5.95. The van der Waals surface area contributed by atoms with E-state index in [4.69, 9.17) is 11.6 Å². The minimum Gasteiger partial charge on any atom is -0.322 e. The zero-order chi connectivity index (χ0) is 16.6. The molecule has 23 heavy (non-hydrogen) atoms. The fourth-order valence-electron chi connectivity index (χ4n) is 2.71. The fourth-order valence-corrected chi connectivity index (χ4v) is 4.53. The Balaban J connectivity index is 1.79. The minimum atomic E-state index is -3.00. The van der Waals surface area contributed by atoms with Gasteiger partial charge in [-0.2, -0.15) is 5.10 Å². The topological polar surface area (TPSA) is 81.1 Å². The van der Waals surface area contributed by atoms with Gasteiger partial charge in [-0.1, -0.05) is 11.6 Å². The second-order valence-corrected chi connectivity index (χ2v) is 8.27. The predicted octanol–water partition coefficient (Wildman–Crippen LogP) is 2.46. The second-order valence-electron chi connectivity index (χ2n) is 5.61. The summed E-state index contributed by atoms with van der Waals surface area (Å²) >= 11 is 5.81. The number of nitrogens with zero attached hydrogens (tertiary/aromatic N) is 2. The van der Waals surface area contributed by atoms with Gasteiger partial charge in [-0.3, -0.25) is 9.48 Å². The van der Waals surface area contributed by atoms with Crippen LogP contribution in [0.1, 0.15) is 28.5 Å². The number of carbonyl (C=O) groups is 1. The molecule has 1 amide bonds. The second kappa shape index (κ2) is 5.98. The Labute approximate surface area is 139 Å². The van der Waals surface area contributed by atoms with Gasteiger partial charge < -0.3 is 5.32 Å². The van der Waals surface area contributed by atoms with Crippen LogP contribution in [-0.2, 0) is 9.84 Å². The number of halogens is 1. The van der Waals surface area contributed by atoms with Crippen molar-refractivity contribution in [1.82, 2.24) is 9.78 Å². The van der Waals surface area contributed by atoms with E-state index in [1.165, 1.54) is 6.20 Å². The third-order valence-electron chi connectivity index (χ3n) is 3.95. The lowest BCUT2D eigenvalue weighted by Crippen LogP contribution is -2.16. The number of benzene rings is 1. The van der Waals surface area contributed by atoms with E-state index in [1.807, 2.05) is 0 Å². The first kappa shape index (κ1) is 16.0. The van der Waals surface area contributed by atoms with E-state index >= 15 is 0 Å². The number of hydrogen-bond donors (Lipinski definition) is 1. The van der Waals surface area contributed by atoms with E-state index in [0.29, 0.717) is 28.4 Å². The molecule has 0 radical (unpaired) electrons. The number of amides is 1. The Kier molecular flexibility index (Phi) is 4.16. The summed E-state index contributed by atoms with van der Waals surface area (Å²) in [4.78, 5) is 12.4. The summed E-state index contributed by atoms with van der Waals surface area (Å²) in [5.74, 6) is -0.0336. The first-order chi connectivity index (χ1) is 10.9. The van der Waals surface area contributed by atoms with Gasteiger partial charge in [0.25, 0.3) is 5.91 Å². The number of sulfone groups is 1. The van der Waals surface area contributed by atoms with Crippen LogP contribution in [0.5, 0.6) is 0 Å². The maximum absolute atomic E-state index is 12.4. The lowest BCUT2D eigenvalue weighted by Gasteiger charge is -2.11. The van der Waals surface area contributed by atoms with Crippen LogP contribution in [-0.4, -0.2) is 35.6 Å². The maximum atomic E-state index is 12.4. The van der Waals surface area contributed by atoms with Crippen molar-refractivity contribution in [3.63, 3.8) is 0 Å². The molecular formula is C15H16ClN3O3S. The largest absolute Gasteiger partial charge is 0.322 e. The number of carbonyl (C=O) groups excluding carboxylic acids is 1. The summed E-state index contributed by atoms with van der Waals surface area (Å²) in [7, 11) is -3.00. The number of nitrogens with one attached hydrogen (secondary N) is 1. The smallest absolute Gasteiger partial charge is 0.259 e. The van der Waals surface area contributed by atoms with Crippen LogP contribution >= 0.6 is 11.6 Å². The molecule has 0 aliphatic carbocycles. The van der Waals surface area contributed by atoms with Gasteiger partial charge in [0.1, 0.15) is 0 Å². The highest BCUT2D eigenvalue weighted by molar-refractivity contribution is 7.91. The van der Waals surface area contributed by atoms with Crippen LogP contribution < -0.4 is 5.32 Å². The van der Waals surface area contributed by atoms with Crippen LogP contribution in [0.2, 0.25) is 5.02 Å². The molecule has 1 aromatic carbocycles.